The lowest BCUT2D eigenvalue weighted by Gasteiger charge is -2.01. The van der Waals surface area contributed by atoms with Crippen LogP contribution in [0.3, 0.4) is 0 Å². The predicted octanol–water partition coefficient (Wildman–Crippen LogP) is 4.35. The molecule has 2 rings (SSSR count). The molecular formula is C10H5ClF2S. The average molecular weight is 231 g/mol. The number of hydrogen-bond acceptors (Lipinski definition) is 1. The van der Waals surface area contributed by atoms with Crippen LogP contribution in [0.5, 0.6) is 0 Å². The highest BCUT2D eigenvalue weighted by atomic mass is 35.5. The minimum Gasteiger partial charge on any atom is -0.207 e. The topological polar surface area (TPSA) is 0 Å². The lowest BCUT2D eigenvalue weighted by molar-refractivity contribution is 0.603. The summed E-state index contributed by atoms with van der Waals surface area (Å²) < 4.78 is 26.6. The summed E-state index contributed by atoms with van der Waals surface area (Å²) >= 11 is 7.12. The summed E-state index contributed by atoms with van der Waals surface area (Å²) in [6.45, 7) is 0. The highest BCUT2D eigenvalue weighted by molar-refractivity contribution is 7.15. The molecule has 0 radical (unpaired) electrons. The zero-order valence-corrected chi connectivity index (χ0v) is 8.50. The van der Waals surface area contributed by atoms with E-state index in [0.717, 1.165) is 18.2 Å². The van der Waals surface area contributed by atoms with Gasteiger partial charge in [0.1, 0.15) is 16.0 Å². The van der Waals surface area contributed by atoms with E-state index in [9.17, 15) is 8.78 Å². The van der Waals surface area contributed by atoms with Crippen molar-refractivity contribution in [2.75, 3.05) is 0 Å². The van der Waals surface area contributed by atoms with Crippen molar-refractivity contribution in [2.45, 2.75) is 0 Å². The van der Waals surface area contributed by atoms with Gasteiger partial charge in [0, 0.05) is 11.1 Å². The fourth-order valence-electron chi connectivity index (χ4n) is 1.19. The molecule has 0 saturated heterocycles. The molecule has 0 aliphatic heterocycles. The van der Waals surface area contributed by atoms with Gasteiger partial charge >= 0.3 is 0 Å². The Morgan fingerprint density at radius 2 is 1.86 bits per heavy atom. The van der Waals surface area contributed by atoms with E-state index in [4.69, 9.17) is 11.6 Å². The first-order valence-electron chi connectivity index (χ1n) is 3.87. The second kappa shape index (κ2) is 3.67. The first-order chi connectivity index (χ1) is 6.68. The predicted molar refractivity (Wildman–Crippen MR) is 54.7 cm³/mol. The summed E-state index contributed by atoms with van der Waals surface area (Å²) in [5.41, 5.74) is 0.741. The molecule has 0 aliphatic carbocycles. The van der Waals surface area contributed by atoms with Crippen molar-refractivity contribution in [1.29, 1.82) is 0 Å². The summed E-state index contributed by atoms with van der Waals surface area (Å²) in [6, 6.07) is 4.99. The van der Waals surface area contributed by atoms with Gasteiger partial charge in [0.15, 0.2) is 0 Å². The van der Waals surface area contributed by atoms with E-state index in [1.807, 2.05) is 0 Å². The Kier molecular flexibility index (Phi) is 2.52. The largest absolute Gasteiger partial charge is 0.207 e. The van der Waals surface area contributed by atoms with E-state index in [1.54, 1.807) is 11.4 Å². The Morgan fingerprint density at radius 1 is 1.07 bits per heavy atom. The molecule has 0 fully saturated rings. The summed E-state index contributed by atoms with van der Waals surface area (Å²) in [6.07, 6.45) is 0. The third-order valence-electron chi connectivity index (χ3n) is 1.84. The van der Waals surface area contributed by atoms with Crippen LogP contribution in [0, 0.1) is 11.6 Å². The number of rotatable bonds is 1. The first-order valence-corrected chi connectivity index (χ1v) is 5.12. The highest BCUT2D eigenvalue weighted by Crippen LogP contribution is 2.34. The smallest absolute Gasteiger partial charge is 0.131 e. The van der Waals surface area contributed by atoms with Crippen molar-refractivity contribution in [1.82, 2.24) is 0 Å². The number of halogens is 3. The maximum Gasteiger partial charge on any atom is 0.131 e. The quantitative estimate of drug-likeness (QED) is 0.683. The molecule has 72 valence electrons. The van der Waals surface area contributed by atoms with Crippen LogP contribution >= 0.6 is 22.9 Å². The van der Waals surface area contributed by atoms with E-state index in [-0.39, 0.29) is 5.56 Å². The summed E-state index contributed by atoms with van der Waals surface area (Å²) in [4.78, 5) is 0. The Bertz CT molecular complexity index is 465. The van der Waals surface area contributed by atoms with Crippen LogP contribution in [0.1, 0.15) is 0 Å². The second-order valence-electron chi connectivity index (χ2n) is 2.73. The molecular weight excluding hydrogens is 226 g/mol. The molecule has 2 aromatic rings. The number of thiophene rings is 1. The Labute approximate surface area is 88.8 Å². The van der Waals surface area contributed by atoms with Crippen molar-refractivity contribution in [3.63, 3.8) is 0 Å². The van der Waals surface area contributed by atoms with E-state index in [0.29, 0.717) is 9.90 Å². The molecule has 0 nitrogen and oxygen atoms in total. The van der Waals surface area contributed by atoms with E-state index >= 15 is 0 Å². The number of hydrogen-bond donors (Lipinski definition) is 0. The van der Waals surface area contributed by atoms with Crippen molar-refractivity contribution in [2.24, 2.45) is 0 Å². The van der Waals surface area contributed by atoms with Gasteiger partial charge in [0.25, 0.3) is 0 Å². The van der Waals surface area contributed by atoms with E-state index in [2.05, 4.69) is 0 Å². The fourth-order valence-corrected chi connectivity index (χ4v) is 2.14. The van der Waals surface area contributed by atoms with E-state index < -0.39 is 11.6 Å². The van der Waals surface area contributed by atoms with Crippen LogP contribution in [-0.2, 0) is 0 Å². The Morgan fingerprint density at radius 3 is 2.50 bits per heavy atom. The van der Waals surface area contributed by atoms with Crippen LogP contribution < -0.4 is 0 Å². The maximum absolute atomic E-state index is 13.3. The average Bonchev–Trinajstić information content (AvgIpc) is 2.56. The molecule has 1 aromatic heterocycles. The van der Waals surface area contributed by atoms with Gasteiger partial charge in [0.05, 0.1) is 0 Å². The molecule has 14 heavy (non-hydrogen) atoms. The lowest BCUT2D eigenvalue weighted by atomic mass is 10.1. The van der Waals surface area contributed by atoms with Gasteiger partial charge < -0.3 is 0 Å². The zero-order chi connectivity index (χ0) is 10.1. The van der Waals surface area contributed by atoms with Crippen LogP contribution in [0.25, 0.3) is 11.1 Å². The summed E-state index contributed by atoms with van der Waals surface area (Å²) in [7, 11) is 0. The van der Waals surface area contributed by atoms with Crippen LogP contribution in [0.2, 0.25) is 4.34 Å². The molecule has 1 heterocycles. The molecule has 0 amide bonds. The fraction of sp³-hybridized carbons (Fsp3) is 0. The summed E-state index contributed by atoms with van der Waals surface area (Å²) in [5, 5.41) is 1.74. The van der Waals surface area contributed by atoms with Gasteiger partial charge in [-0.2, -0.15) is 0 Å². The third-order valence-corrected chi connectivity index (χ3v) is 3.01. The highest BCUT2D eigenvalue weighted by Gasteiger charge is 2.10. The zero-order valence-electron chi connectivity index (χ0n) is 6.93. The van der Waals surface area contributed by atoms with Gasteiger partial charge in [-0.15, -0.1) is 11.3 Å². The Hall–Kier alpha value is -0.930. The third kappa shape index (κ3) is 1.65. The molecule has 0 atom stereocenters. The van der Waals surface area contributed by atoms with Crippen LogP contribution in [0.4, 0.5) is 8.78 Å². The van der Waals surface area contributed by atoms with Gasteiger partial charge in [-0.1, -0.05) is 11.6 Å². The minimum absolute atomic E-state index is 0.205. The standard InChI is InChI=1S/C10H5ClF2S/c11-10-7(3-4-14-10)8-5-6(12)1-2-9(8)13/h1-5H. The normalized spacial score (nSPS) is 10.5. The molecule has 0 aliphatic rings. The van der Waals surface area contributed by atoms with Crippen molar-refractivity contribution in [3.05, 3.63) is 45.6 Å². The lowest BCUT2D eigenvalue weighted by Crippen LogP contribution is -1.84. The van der Waals surface area contributed by atoms with Gasteiger partial charge in [-0.25, -0.2) is 8.78 Å². The van der Waals surface area contributed by atoms with Gasteiger partial charge in [-0.05, 0) is 29.6 Å². The minimum atomic E-state index is -0.469. The SMILES string of the molecule is Fc1ccc(F)c(-c2ccsc2Cl)c1. The summed E-state index contributed by atoms with van der Waals surface area (Å²) in [5.74, 6) is -0.935. The van der Waals surface area contributed by atoms with Crippen molar-refractivity contribution >= 4 is 22.9 Å². The monoisotopic (exact) mass is 230 g/mol. The molecule has 0 N–H and O–H groups in total. The Balaban J connectivity index is 2.62. The van der Waals surface area contributed by atoms with Gasteiger partial charge in [0.2, 0.25) is 0 Å². The molecule has 0 bridgehead atoms. The first kappa shape index (κ1) is 9.62. The van der Waals surface area contributed by atoms with Crippen molar-refractivity contribution < 1.29 is 8.78 Å². The second-order valence-corrected chi connectivity index (χ2v) is 4.25. The molecule has 0 unspecified atom stereocenters. The molecule has 1 aromatic carbocycles. The number of benzene rings is 1. The molecule has 0 saturated carbocycles. The molecule has 0 spiro atoms. The van der Waals surface area contributed by atoms with E-state index in [1.165, 1.54) is 11.3 Å². The van der Waals surface area contributed by atoms with Crippen molar-refractivity contribution in [3.8, 4) is 11.1 Å². The van der Waals surface area contributed by atoms with Crippen LogP contribution in [0.15, 0.2) is 29.6 Å². The molecule has 4 heteroatoms. The van der Waals surface area contributed by atoms with Crippen LogP contribution in [-0.4, -0.2) is 0 Å². The van der Waals surface area contributed by atoms with Gasteiger partial charge in [-0.3, -0.25) is 0 Å². The maximum atomic E-state index is 13.3.